The maximum absolute atomic E-state index is 12.2. The number of halogens is 1. The number of aliphatic imine (C=N–C) groups is 1. The van der Waals surface area contributed by atoms with Crippen molar-refractivity contribution in [2.45, 2.75) is 32.7 Å². The molecule has 10 heteroatoms. The molecule has 0 radical (unpaired) electrons. The van der Waals surface area contributed by atoms with Gasteiger partial charge in [0, 0.05) is 19.6 Å². The highest BCUT2D eigenvalue weighted by atomic mass is 127. The van der Waals surface area contributed by atoms with Gasteiger partial charge in [-0.3, -0.25) is 14.7 Å². The lowest BCUT2D eigenvalue weighted by atomic mass is 10.2. The summed E-state index contributed by atoms with van der Waals surface area (Å²) < 4.78 is 5.67. The highest BCUT2D eigenvalue weighted by Gasteiger charge is 2.25. The van der Waals surface area contributed by atoms with E-state index in [2.05, 4.69) is 25.8 Å². The fourth-order valence-electron chi connectivity index (χ4n) is 3.40. The standard InChI is InChI=1S/C20H30N6O2S.HI/c1-3-21-20(23-9-8-22-19(27)18-15(2)25-14-29-18)24-13-16(17-7-6-12-28-17)26-10-4-5-11-26;/h6-7,12,14,16H,3-5,8-11,13H2,1-2H3,(H,22,27)(H2,21,23,24);1H. The van der Waals surface area contributed by atoms with Gasteiger partial charge in [0.1, 0.15) is 10.6 Å². The molecule has 8 nitrogen and oxygen atoms in total. The Morgan fingerprint density at radius 1 is 1.30 bits per heavy atom. The Morgan fingerprint density at radius 3 is 2.70 bits per heavy atom. The summed E-state index contributed by atoms with van der Waals surface area (Å²) in [6.45, 7) is 8.52. The smallest absolute Gasteiger partial charge is 0.263 e. The number of nitrogens with zero attached hydrogens (tertiary/aromatic N) is 3. The second kappa shape index (κ2) is 12.9. The molecule has 3 heterocycles. The van der Waals surface area contributed by atoms with Crippen LogP contribution in [-0.4, -0.2) is 61.0 Å². The SMILES string of the molecule is CCNC(=NCC(c1ccco1)N1CCCC1)NCCNC(=O)c1scnc1C.I. The number of nitrogens with one attached hydrogen (secondary N) is 3. The van der Waals surface area contributed by atoms with Crippen LogP contribution >= 0.6 is 35.3 Å². The Labute approximate surface area is 198 Å². The Kier molecular flexibility index (Phi) is 10.6. The summed E-state index contributed by atoms with van der Waals surface area (Å²) in [5.41, 5.74) is 2.45. The number of carbonyl (C=O) groups excluding carboxylic acids is 1. The van der Waals surface area contributed by atoms with Crippen LogP contribution in [0.1, 0.15) is 46.9 Å². The first kappa shape index (κ1) is 24.6. The van der Waals surface area contributed by atoms with Crippen molar-refractivity contribution in [3.05, 3.63) is 40.2 Å². The number of likely N-dealkylation sites (tertiary alicyclic amines) is 1. The van der Waals surface area contributed by atoms with Crippen LogP contribution in [0.5, 0.6) is 0 Å². The first-order valence-electron chi connectivity index (χ1n) is 10.2. The molecule has 0 aromatic carbocycles. The third kappa shape index (κ3) is 6.95. The maximum atomic E-state index is 12.2. The quantitative estimate of drug-likeness (QED) is 0.194. The van der Waals surface area contributed by atoms with Crippen molar-refractivity contribution >= 4 is 47.2 Å². The van der Waals surface area contributed by atoms with E-state index in [9.17, 15) is 4.79 Å². The van der Waals surface area contributed by atoms with Gasteiger partial charge in [0.2, 0.25) is 0 Å². The van der Waals surface area contributed by atoms with Gasteiger partial charge in [-0.1, -0.05) is 0 Å². The zero-order chi connectivity index (χ0) is 20.5. The minimum Gasteiger partial charge on any atom is -0.468 e. The van der Waals surface area contributed by atoms with E-state index < -0.39 is 0 Å². The minimum absolute atomic E-state index is 0. The summed E-state index contributed by atoms with van der Waals surface area (Å²) in [7, 11) is 0. The molecule has 1 unspecified atom stereocenters. The van der Waals surface area contributed by atoms with Crippen LogP contribution in [0.4, 0.5) is 0 Å². The normalized spacial score (nSPS) is 15.5. The number of guanidine groups is 1. The van der Waals surface area contributed by atoms with E-state index in [0.29, 0.717) is 24.5 Å². The van der Waals surface area contributed by atoms with Gasteiger partial charge >= 0.3 is 0 Å². The van der Waals surface area contributed by atoms with Crippen molar-refractivity contribution in [2.24, 2.45) is 4.99 Å². The van der Waals surface area contributed by atoms with E-state index in [-0.39, 0.29) is 35.9 Å². The number of aromatic nitrogens is 1. The van der Waals surface area contributed by atoms with Gasteiger partial charge < -0.3 is 20.4 Å². The molecule has 1 atom stereocenters. The number of aryl methyl sites for hydroxylation is 1. The Balaban J connectivity index is 0.00000320. The maximum Gasteiger partial charge on any atom is 0.263 e. The predicted octanol–water partition coefficient (Wildman–Crippen LogP) is 2.78. The monoisotopic (exact) mass is 546 g/mol. The van der Waals surface area contributed by atoms with E-state index in [1.54, 1.807) is 11.8 Å². The first-order valence-corrected chi connectivity index (χ1v) is 11.0. The van der Waals surface area contributed by atoms with E-state index in [0.717, 1.165) is 37.0 Å². The fraction of sp³-hybridized carbons (Fsp3) is 0.550. The summed E-state index contributed by atoms with van der Waals surface area (Å²) in [4.78, 5) is 24.1. The number of hydrogen-bond donors (Lipinski definition) is 3. The van der Waals surface area contributed by atoms with E-state index in [1.807, 2.05) is 26.0 Å². The van der Waals surface area contributed by atoms with Gasteiger partial charge in [-0.15, -0.1) is 35.3 Å². The molecule has 1 saturated heterocycles. The van der Waals surface area contributed by atoms with Crippen LogP contribution in [0.25, 0.3) is 0 Å². The van der Waals surface area contributed by atoms with Gasteiger partial charge in [0.05, 0.1) is 30.1 Å². The average molecular weight is 546 g/mol. The van der Waals surface area contributed by atoms with Crippen LogP contribution in [0.2, 0.25) is 0 Å². The van der Waals surface area contributed by atoms with Crippen molar-refractivity contribution < 1.29 is 9.21 Å². The summed E-state index contributed by atoms with van der Waals surface area (Å²) in [6, 6.07) is 4.10. The molecule has 0 saturated carbocycles. The molecule has 0 bridgehead atoms. The lowest BCUT2D eigenvalue weighted by Crippen LogP contribution is -2.42. The number of hydrogen-bond acceptors (Lipinski definition) is 6. The number of thiazole rings is 1. The number of amides is 1. The number of carbonyl (C=O) groups is 1. The molecule has 3 rings (SSSR count). The second-order valence-electron chi connectivity index (χ2n) is 6.94. The minimum atomic E-state index is -0.0827. The second-order valence-corrected chi connectivity index (χ2v) is 7.80. The molecule has 0 aliphatic carbocycles. The molecular weight excluding hydrogens is 515 g/mol. The van der Waals surface area contributed by atoms with Crippen molar-refractivity contribution in [3.8, 4) is 0 Å². The number of furan rings is 1. The van der Waals surface area contributed by atoms with Gasteiger partial charge in [-0.25, -0.2) is 4.98 Å². The van der Waals surface area contributed by atoms with Crippen LogP contribution in [0, 0.1) is 6.92 Å². The molecular formula is C20H31IN6O2S. The first-order chi connectivity index (χ1) is 14.2. The lowest BCUT2D eigenvalue weighted by Gasteiger charge is -2.24. The summed E-state index contributed by atoms with van der Waals surface area (Å²) in [5.74, 6) is 1.62. The molecule has 1 aliphatic rings. The molecule has 0 spiro atoms. The van der Waals surface area contributed by atoms with Crippen LogP contribution < -0.4 is 16.0 Å². The predicted molar refractivity (Wildman–Crippen MR) is 131 cm³/mol. The molecule has 1 amide bonds. The molecule has 1 aliphatic heterocycles. The van der Waals surface area contributed by atoms with Crippen LogP contribution in [-0.2, 0) is 0 Å². The van der Waals surface area contributed by atoms with Gasteiger partial charge in [0.25, 0.3) is 5.91 Å². The van der Waals surface area contributed by atoms with Gasteiger partial charge in [0.15, 0.2) is 5.96 Å². The zero-order valence-corrected chi connectivity index (χ0v) is 20.7. The largest absolute Gasteiger partial charge is 0.468 e. The molecule has 30 heavy (non-hydrogen) atoms. The lowest BCUT2D eigenvalue weighted by molar-refractivity contribution is 0.0957. The molecule has 1 fully saturated rings. The highest BCUT2D eigenvalue weighted by molar-refractivity contribution is 14.0. The highest BCUT2D eigenvalue weighted by Crippen LogP contribution is 2.25. The third-order valence-corrected chi connectivity index (χ3v) is 5.80. The van der Waals surface area contributed by atoms with Crippen LogP contribution in [0.15, 0.2) is 33.3 Å². The molecule has 3 N–H and O–H groups in total. The van der Waals surface area contributed by atoms with Crippen molar-refractivity contribution in [1.29, 1.82) is 0 Å². The summed E-state index contributed by atoms with van der Waals surface area (Å²) in [6.07, 6.45) is 4.16. The Bertz CT molecular complexity index is 789. The third-order valence-electron chi connectivity index (χ3n) is 4.87. The Hall–Kier alpha value is -1.66. The summed E-state index contributed by atoms with van der Waals surface area (Å²) >= 11 is 1.36. The van der Waals surface area contributed by atoms with Crippen molar-refractivity contribution in [1.82, 2.24) is 25.8 Å². The summed E-state index contributed by atoms with van der Waals surface area (Å²) in [5, 5.41) is 9.48. The molecule has 166 valence electrons. The van der Waals surface area contributed by atoms with Crippen molar-refractivity contribution in [3.63, 3.8) is 0 Å². The molecule has 2 aromatic rings. The topological polar surface area (TPSA) is 94.8 Å². The zero-order valence-electron chi connectivity index (χ0n) is 17.5. The van der Waals surface area contributed by atoms with Gasteiger partial charge in [-0.2, -0.15) is 0 Å². The Morgan fingerprint density at radius 2 is 2.07 bits per heavy atom. The average Bonchev–Trinajstić information content (AvgIpc) is 3.48. The van der Waals surface area contributed by atoms with Crippen molar-refractivity contribution in [2.75, 3.05) is 39.3 Å². The van der Waals surface area contributed by atoms with Gasteiger partial charge in [-0.05, 0) is 51.9 Å². The van der Waals surface area contributed by atoms with Crippen LogP contribution in [0.3, 0.4) is 0 Å². The van der Waals surface area contributed by atoms with E-state index in [4.69, 9.17) is 9.41 Å². The van der Waals surface area contributed by atoms with E-state index in [1.165, 1.54) is 24.2 Å². The fourth-order valence-corrected chi connectivity index (χ4v) is 4.11. The molecule has 2 aromatic heterocycles. The van der Waals surface area contributed by atoms with E-state index >= 15 is 0 Å². The number of rotatable bonds is 9.